The van der Waals surface area contributed by atoms with Crippen molar-refractivity contribution in [3.05, 3.63) is 35.0 Å². The van der Waals surface area contributed by atoms with Crippen molar-refractivity contribution in [3.63, 3.8) is 0 Å². The van der Waals surface area contributed by atoms with Crippen molar-refractivity contribution in [1.82, 2.24) is 4.98 Å². The van der Waals surface area contributed by atoms with Crippen LogP contribution in [0.3, 0.4) is 0 Å². The highest BCUT2D eigenvalue weighted by atomic mass is 16.5. The highest BCUT2D eigenvalue weighted by Crippen LogP contribution is 2.30. The molecule has 0 unspecified atom stereocenters. The molecule has 0 atom stereocenters. The minimum atomic E-state index is -0.946. The number of fused-ring (bicyclic) bond motifs is 2. The number of carboxylic acids is 1. The number of nitrogens with zero attached hydrogens (tertiary/aromatic N) is 1. The van der Waals surface area contributed by atoms with Crippen molar-refractivity contribution in [2.45, 2.75) is 25.7 Å². The van der Waals surface area contributed by atoms with Gasteiger partial charge in [-0.1, -0.05) is 0 Å². The molecule has 0 spiro atoms. The second-order valence-corrected chi connectivity index (χ2v) is 4.86. The predicted molar refractivity (Wildman–Crippen MR) is 71.9 cm³/mol. The zero-order valence-electron chi connectivity index (χ0n) is 10.8. The van der Waals surface area contributed by atoms with Crippen LogP contribution in [-0.2, 0) is 12.8 Å². The Balaban J connectivity index is 2.27. The Morgan fingerprint density at radius 1 is 1.26 bits per heavy atom. The Bertz CT molecular complexity index is 664. The van der Waals surface area contributed by atoms with Crippen molar-refractivity contribution >= 4 is 16.9 Å². The third-order valence-electron chi connectivity index (χ3n) is 3.63. The van der Waals surface area contributed by atoms with Gasteiger partial charge in [0.15, 0.2) is 0 Å². The molecular weight excluding hydrogens is 242 g/mol. The van der Waals surface area contributed by atoms with Gasteiger partial charge in [-0.25, -0.2) is 9.78 Å². The summed E-state index contributed by atoms with van der Waals surface area (Å²) < 4.78 is 5.28. The SMILES string of the molecule is COc1cc(C(=O)O)cc2cc3c(nc12)CCCC3. The number of hydrogen-bond acceptors (Lipinski definition) is 3. The van der Waals surface area contributed by atoms with Crippen LogP contribution < -0.4 is 4.74 Å². The molecule has 2 aromatic rings. The highest BCUT2D eigenvalue weighted by molar-refractivity contribution is 5.96. The van der Waals surface area contributed by atoms with Crippen molar-refractivity contribution in [1.29, 1.82) is 0 Å². The topological polar surface area (TPSA) is 59.4 Å². The molecule has 0 bridgehead atoms. The van der Waals surface area contributed by atoms with E-state index in [1.807, 2.05) is 0 Å². The van der Waals surface area contributed by atoms with Gasteiger partial charge in [-0.3, -0.25) is 0 Å². The minimum absolute atomic E-state index is 0.238. The summed E-state index contributed by atoms with van der Waals surface area (Å²) in [4.78, 5) is 15.8. The number of aryl methyl sites for hydroxylation is 2. The minimum Gasteiger partial charge on any atom is -0.494 e. The maximum Gasteiger partial charge on any atom is 0.335 e. The number of aromatic nitrogens is 1. The molecule has 0 amide bonds. The molecule has 1 aliphatic rings. The molecule has 1 aromatic carbocycles. The number of methoxy groups -OCH3 is 1. The maximum absolute atomic E-state index is 11.1. The first kappa shape index (κ1) is 12.0. The van der Waals surface area contributed by atoms with Gasteiger partial charge >= 0.3 is 5.97 Å². The van der Waals surface area contributed by atoms with E-state index >= 15 is 0 Å². The van der Waals surface area contributed by atoms with E-state index in [-0.39, 0.29) is 5.56 Å². The summed E-state index contributed by atoms with van der Waals surface area (Å²) in [6, 6.07) is 5.26. The normalized spacial score (nSPS) is 14.2. The van der Waals surface area contributed by atoms with E-state index in [1.165, 1.54) is 24.5 Å². The zero-order chi connectivity index (χ0) is 13.4. The molecule has 0 saturated heterocycles. The van der Waals surface area contributed by atoms with Crippen molar-refractivity contribution < 1.29 is 14.6 Å². The summed E-state index contributed by atoms with van der Waals surface area (Å²) in [6.45, 7) is 0. The quantitative estimate of drug-likeness (QED) is 0.898. The molecule has 0 radical (unpaired) electrons. The van der Waals surface area contributed by atoms with Crippen LogP contribution in [0.1, 0.15) is 34.5 Å². The lowest BCUT2D eigenvalue weighted by Gasteiger charge is -2.16. The lowest BCUT2D eigenvalue weighted by atomic mass is 9.94. The lowest BCUT2D eigenvalue weighted by Crippen LogP contribution is -2.06. The zero-order valence-corrected chi connectivity index (χ0v) is 10.8. The number of pyridine rings is 1. The fourth-order valence-corrected chi connectivity index (χ4v) is 2.66. The molecule has 1 N–H and O–H groups in total. The number of hydrogen-bond donors (Lipinski definition) is 1. The second kappa shape index (κ2) is 4.53. The van der Waals surface area contributed by atoms with Gasteiger partial charge in [0.1, 0.15) is 11.3 Å². The van der Waals surface area contributed by atoms with Crippen LogP contribution in [-0.4, -0.2) is 23.2 Å². The average Bonchev–Trinajstić information content (AvgIpc) is 2.43. The molecule has 0 fully saturated rings. The van der Waals surface area contributed by atoms with Gasteiger partial charge in [-0.2, -0.15) is 0 Å². The Labute approximate surface area is 111 Å². The molecule has 4 heteroatoms. The van der Waals surface area contributed by atoms with E-state index in [9.17, 15) is 4.79 Å². The van der Waals surface area contributed by atoms with Crippen LogP contribution in [0.4, 0.5) is 0 Å². The van der Waals surface area contributed by atoms with E-state index in [0.29, 0.717) is 5.75 Å². The van der Waals surface area contributed by atoms with Crippen molar-refractivity contribution in [2.75, 3.05) is 7.11 Å². The van der Waals surface area contributed by atoms with Crippen molar-refractivity contribution in [3.8, 4) is 5.75 Å². The van der Waals surface area contributed by atoms with Gasteiger partial charge in [-0.05, 0) is 49.4 Å². The molecule has 19 heavy (non-hydrogen) atoms. The first-order valence-corrected chi connectivity index (χ1v) is 6.43. The van der Waals surface area contributed by atoms with Crippen LogP contribution in [0.25, 0.3) is 10.9 Å². The van der Waals surface area contributed by atoms with Gasteiger partial charge in [-0.15, -0.1) is 0 Å². The fraction of sp³-hybridized carbons (Fsp3) is 0.333. The largest absolute Gasteiger partial charge is 0.494 e. The molecule has 1 heterocycles. The molecule has 98 valence electrons. The van der Waals surface area contributed by atoms with Crippen LogP contribution in [0.15, 0.2) is 18.2 Å². The first-order valence-electron chi connectivity index (χ1n) is 6.43. The Morgan fingerprint density at radius 3 is 2.79 bits per heavy atom. The summed E-state index contributed by atoms with van der Waals surface area (Å²) in [6.07, 6.45) is 4.37. The van der Waals surface area contributed by atoms with E-state index in [0.717, 1.165) is 29.4 Å². The Kier molecular flexibility index (Phi) is 2.85. The molecule has 3 rings (SSSR count). The maximum atomic E-state index is 11.1. The van der Waals surface area contributed by atoms with Crippen LogP contribution in [0.2, 0.25) is 0 Å². The summed E-state index contributed by atoms with van der Waals surface area (Å²) >= 11 is 0. The monoisotopic (exact) mass is 257 g/mol. The molecule has 0 saturated carbocycles. The number of ether oxygens (including phenoxy) is 1. The summed E-state index contributed by atoms with van der Waals surface area (Å²) in [5.74, 6) is -0.416. The number of aromatic carboxylic acids is 1. The molecular formula is C15H15NO3. The van der Waals surface area contributed by atoms with E-state index in [1.54, 1.807) is 13.2 Å². The average molecular weight is 257 g/mol. The van der Waals surface area contributed by atoms with Crippen molar-refractivity contribution in [2.24, 2.45) is 0 Å². The summed E-state index contributed by atoms with van der Waals surface area (Å²) in [5, 5.41) is 9.97. The standard InChI is InChI=1S/C15H15NO3/c1-19-13-8-11(15(17)18)7-10-6-9-4-2-3-5-12(9)16-14(10)13/h6-8H,2-5H2,1H3,(H,17,18). The molecule has 0 aliphatic heterocycles. The first-order chi connectivity index (χ1) is 9.19. The molecule has 1 aliphatic carbocycles. The molecule has 1 aromatic heterocycles. The Morgan fingerprint density at radius 2 is 2.05 bits per heavy atom. The Hall–Kier alpha value is -2.10. The highest BCUT2D eigenvalue weighted by Gasteiger charge is 2.16. The second-order valence-electron chi connectivity index (χ2n) is 4.86. The number of benzene rings is 1. The van der Waals surface area contributed by atoms with E-state index in [4.69, 9.17) is 9.84 Å². The lowest BCUT2D eigenvalue weighted by molar-refractivity contribution is 0.0696. The smallest absolute Gasteiger partial charge is 0.335 e. The van der Waals surface area contributed by atoms with Gasteiger partial charge in [0.05, 0.1) is 12.7 Å². The fourth-order valence-electron chi connectivity index (χ4n) is 2.66. The predicted octanol–water partition coefficient (Wildman–Crippen LogP) is 2.82. The van der Waals surface area contributed by atoms with Gasteiger partial charge in [0.25, 0.3) is 0 Å². The third-order valence-corrected chi connectivity index (χ3v) is 3.63. The molecule has 4 nitrogen and oxygen atoms in total. The summed E-state index contributed by atoms with van der Waals surface area (Å²) in [7, 11) is 1.54. The number of carbonyl (C=O) groups is 1. The van der Waals surface area contributed by atoms with Crippen LogP contribution in [0.5, 0.6) is 5.75 Å². The van der Waals surface area contributed by atoms with E-state index < -0.39 is 5.97 Å². The van der Waals surface area contributed by atoms with Gasteiger partial charge in [0, 0.05) is 11.1 Å². The number of carboxylic acid groups (broad SMARTS) is 1. The van der Waals surface area contributed by atoms with Gasteiger partial charge in [0.2, 0.25) is 0 Å². The summed E-state index contributed by atoms with van der Waals surface area (Å²) in [5.41, 5.74) is 3.36. The third kappa shape index (κ3) is 2.03. The van der Waals surface area contributed by atoms with Crippen LogP contribution in [0, 0.1) is 0 Å². The van der Waals surface area contributed by atoms with Gasteiger partial charge < -0.3 is 9.84 Å². The van der Waals surface area contributed by atoms with Crippen LogP contribution >= 0.6 is 0 Å². The number of rotatable bonds is 2. The van der Waals surface area contributed by atoms with E-state index in [2.05, 4.69) is 11.1 Å².